The summed E-state index contributed by atoms with van der Waals surface area (Å²) in [5.41, 5.74) is 1.85. The van der Waals surface area contributed by atoms with Gasteiger partial charge in [0.15, 0.2) is 0 Å². The van der Waals surface area contributed by atoms with Crippen LogP contribution in [0.2, 0.25) is 0 Å². The van der Waals surface area contributed by atoms with E-state index in [1.165, 1.54) is 4.88 Å². The zero-order chi connectivity index (χ0) is 18.2. The summed E-state index contributed by atoms with van der Waals surface area (Å²) < 4.78 is 5.77. The highest BCUT2D eigenvalue weighted by Crippen LogP contribution is 2.17. The summed E-state index contributed by atoms with van der Waals surface area (Å²) in [6.07, 6.45) is 4.20. The molecular weight excluding hydrogens is 364 g/mol. The van der Waals surface area contributed by atoms with Crippen molar-refractivity contribution in [2.45, 2.75) is 20.0 Å². The molecule has 0 spiro atoms. The van der Waals surface area contributed by atoms with Crippen molar-refractivity contribution in [3.63, 3.8) is 0 Å². The standard InChI is InChI=1S/C20H20N2O2S2/c1-15-22-17(14-26-15)13-24-18-5-2-4-16(12-18)7-8-20(23)21-10-9-19-6-3-11-25-19/h2-8,11-12,14H,9-10,13H2,1H3,(H,21,23)/b8-7+. The minimum atomic E-state index is -0.0918. The maximum Gasteiger partial charge on any atom is 0.244 e. The first-order valence-corrected chi connectivity index (χ1v) is 10.1. The van der Waals surface area contributed by atoms with E-state index < -0.39 is 0 Å². The highest BCUT2D eigenvalue weighted by atomic mass is 32.1. The molecule has 0 aliphatic carbocycles. The largest absolute Gasteiger partial charge is 0.487 e. The quantitative estimate of drug-likeness (QED) is 0.583. The molecule has 0 aliphatic rings. The summed E-state index contributed by atoms with van der Waals surface area (Å²) in [6, 6.07) is 11.8. The third kappa shape index (κ3) is 5.82. The Hall–Kier alpha value is -2.44. The van der Waals surface area contributed by atoms with Crippen LogP contribution in [0.1, 0.15) is 21.1 Å². The Balaban J connectivity index is 1.47. The predicted octanol–water partition coefficient (Wildman–Crippen LogP) is 4.46. The van der Waals surface area contributed by atoms with E-state index in [4.69, 9.17) is 4.74 Å². The van der Waals surface area contributed by atoms with Crippen molar-refractivity contribution >= 4 is 34.7 Å². The molecule has 0 bridgehead atoms. The molecule has 1 amide bonds. The normalized spacial score (nSPS) is 11.0. The lowest BCUT2D eigenvalue weighted by atomic mass is 10.2. The van der Waals surface area contributed by atoms with Gasteiger partial charge in [-0.2, -0.15) is 0 Å². The van der Waals surface area contributed by atoms with E-state index in [0.29, 0.717) is 13.2 Å². The number of amides is 1. The number of thiophene rings is 1. The summed E-state index contributed by atoms with van der Waals surface area (Å²) in [6.45, 7) is 3.06. The molecule has 6 heteroatoms. The van der Waals surface area contributed by atoms with Gasteiger partial charge in [0, 0.05) is 22.9 Å². The molecule has 134 valence electrons. The number of nitrogens with zero attached hydrogens (tertiary/aromatic N) is 1. The second-order valence-corrected chi connectivity index (χ2v) is 7.77. The first kappa shape index (κ1) is 18.4. The predicted molar refractivity (Wildman–Crippen MR) is 108 cm³/mol. The molecule has 0 fully saturated rings. The number of nitrogens with one attached hydrogen (secondary N) is 1. The molecular formula is C20H20N2O2S2. The lowest BCUT2D eigenvalue weighted by Gasteiger charge is -2.05. The monoisotopic (exact) mass is 384 g/mol. The van der Waals surface area contributed by atoms with Crippen LogP contribution in [0, 0.1) is 6.92 Å². The van der Waals surface area contributed by atoms with Crippen molar-refractivity contribution < 1.29 is 9.53 Å². The first-order chi connectivity index (χ1) is 12.7. The van der Waals surface area contributed by atoms with Gasteiger partial charge in [0.05, 0.1) is 10.7 Å². The molecule has 2 aromatic heterocycles. The molecule has 4 nitrogen and oxygen atoms in total. The van der Waals surface area contributed by atoms with Crippen molar-refractivity contribution in [3.8, 4) is 5.75 Å². The molecule has 1 N–H and O–H groups in total. The zero-order valence-corrected chi connectivity index (χ0v) is 16.1. The van der Waals surface area contributed by atoms with E-state index in [2.05, 4.69) is 16.4 Å². The Labute approximate surface area is 161 Å². The first-order valence-electron chi connectivity index (χ1n) is 8.31. The number of carbonyl (C=O) groups is 1. The summed E-state index contributed by atoms with van der Waals surface area (Å²) in [5.74, 6) is 0.668. The van der Waals surface area contributed by atoms with Gasteiger partial charge in [-0.15, -0.1) is 22.7 Å². The van der Waals surface area contributed by atoms with Crippen LogP contribution in [-0.2, 0) is 17.8 Å². The van der Waals surface area contributed by atoms with Gasteiger partial charge in [0.25, 0.3) is 0 Å². The molecule has 0 radical (unpaired) electrons. The number of hydrogen-bond acceptors (Lipinski definition) is 5. The van der Waals surface area contributed by atoms with Gasteiger partial charge in [-0.25, -0.2) is 4.98 Å². The Morgan fingerprint density at radius 2 is 2.19 bits per heavy atom. The molecule has 1 aromatic carbocycles. The number of benzene rings is 1. The molecule has 0 atom stereocenters. The highest BCUT2D eigenvalue weighted by Gasteiger charge is 2.01. The fourth-order valence-electron chi connectivity index (χ4n) is 2.33. The zero-order valence-electron chi connectivity index (χ0n) is 14.5. The Kier molecular flexibility index (Phi) is 6.57. The van der Waals surface area contributed by atoms with Gasteiger partial charge in [-0.3, -0.25) is 4.79 Å². The SMILES string of the molecule is Cc1nc(COc2cccc(/C=C/C(=O)NCCc3cccs3)c2)cs1. The summed E-state index contributed by atoms with van der Waals surface area (Å²) >= 11 is 3.32. The van der Waals surface area contributed by atoms with Gasteiger partial charge in [0.2, 0.25) is 5.91 Å². The van der Waals surface area contributed by atoms with E-state index in [1.54, 1.807) is 34.8 Å². The topological polar surface area (TPSA) is 51.2 Å². The second kappa shape index (κ2) is 9.31. The van der Waals surface area contributed by atoms with Crippen LogP contribution in [0.5, 0.6) is 5.75 Å². The van der Waals surface area contributed by atoms with Crippen molar-refractivity contribution in [1.82, 2.24) is 10.3 Å². The van der Waals surface area contributed by atoms with E-state index in [9.17, 15) is 4.79 Å². The minimum absolute atomic E-state index is 0.0918. The van der Waals surface area contributed by atoms with E-state index in [1.807, 2.05) is 48.0 Å². The number of rotatable bonds is 8. The molecule has 0 saturated heterocycles. The number of ether oxygens (including phenoxy) is 1. The molecule has 2 heterocycles. The van der Waals surface area contributed by atoms with Crippen molar-refractivity contribution in [2.75, 3.05) is 6.54 Å². The van der Waals surface area contributed by atoms with Crippen LogP contribution in [0.25, 0.3) is 6.08 Å². The van der Waals surface area contributed by atoms with Crippen LogP contribution in [-0.4, -0.2) is 17.4 Å². The average Bonchev–Trinajstić information content (AvgIpc) is 3.30. The van der Waals surface area contributed by atoms with Gasteiger partial charge in [0.1, 0.15) is 12.4 Å². The van der Waals surface area contributed by atoms with E-state index in [0.717, 1.165) is 28.4 Å². The van der Waals surface area contributed by atoms with Crippen LogP contribution in [0.4, 0.5) is 0 Å². The van der Waals surface area contributed by atoms with Crippen LogP contribution >= 0.6 is 22.7 Å². The highest BCUT2D eigenvalue weighted by molar-refractivity contribution is 7.10. The average molecular weight is 385 g/mol. The lowest BCUT2D eigenvalue weighted by molar-refractivity contribution is -0.116. The fraction of sp³-hybridized carbons (Fsp3) is 0.200. The molecule has 3 aromatic rings. The Morgan fingerprint density at radius 1 is 1.27 bits per heavy atom. The minimum Gasteiger partial charge on any atom is -0.487 e. The Morgan fingerprint density at radius 3 is 2.96 bits per heavy atom. The third-order valence-corrected chi connectivity index (χ3v) is 5.35. The molecule has 3 rings (SSSR count). The van der Waals surface area contributed by atoms with Gasteiger partial charge in [-0.1, -0.05) is 18.2 Å². The molecule has 0 aliphatic heterocycles. The van der Waals surface area contributed by atoms with Crippen LogP contribution in [0.3, 0.4) is 0 Å². The van der Waals surface area contributed by atoms with Crippen LogP contribution < -0.4 is 10.1 Å². The number of aromatic nitrogens is 1. The number of hydrogen-bond donors (Lipinski definition) is 1. The second-order valence-electron chi connectivity index (χ2n) is 5.67. The Bertz CT molecular complexity index is 870. The van der Waals surface area contributed by atoms with E-state index >= 15 is 0 Å². The molecule has 0 unspecified atom stereocenters. The molecule has 0 saturated carbocycles. The summed E-state index contributed by atoms with van der Waals surface area (Å²) in [4.78, 5) is 17.6. The van der Waals surface area contributed by atoms with Crippen molar-refractivity contribution in [3.05, 3.63) is 74.4 Å². The van der Waals surface area contributed by atoms with Gasteiger partial charge in [-0.05, 0) is 48.6 Å². The van der Waals surface area contributed by atoms with Crippen molar-refractivity contribution in [1.29, 1.82) is 0 Å². The number of carbonyl (C=O) groups excluding carboxylic acids is 1. The smallest absolute Gasteiger partial charge is 0.244 e. The maximum absolute atomic E-state index is 11.9. The van der Waals surface area contributed by atoms with Crippen LogP contribution in [0.15, 0.2) is 53.2 Å². The summed E-state index contributed by atoms with van der Waals surface area (Å²) in [7, 11) is 0. The lowest BCUT2D eigenvalue weighted by Crippen LogP contribution is -2.23. The maximum atomic E-state index is 11.9. The van der Waals surface area contributed by atoms with Crippen molar-refractivity contribution in [2.24, 2.45) is 0 Å². The summed E-state index contributed by atoms with van der Waals surface area (Å²) in [5, 5.41) is 7.97. The molecule has 26 heavy (non-hydrogen) atoms. The number of aryl methyl sites for hydroxylation is 1. The van der Waals surface area contributed by atoms with E-state index in [-0.39, 0.29) is 5.91 Å². The number of thiazole rings is 1. The van der Waals surface area contributed by atoms with Gasteiger partial charge >= 0.3 is 0 Å². The fourth-order valence-corrected chi connectivity index (χ4v) is 3.64. The third-order valence-electron chi connectivity index (χ3n) is 3.59. The van der Waals surface area contributed by atoms with Gasteiger partial charge < -0.3 is 10.1 Å².